The van der Waals surface area contributed by atoms with Crippen LogP contribution in [0.2, 0.25) is 0 Å². The molecule has 1 fully saturated rings. The third-order valence-corrected chi connectivity index (χ3v) is 9.39. The largest absolute Gasteiger partial charge is 0.469 e. The Morgan fingerprint density at radius 3 is 2.70 bits per heavy atom. The number of hydrogen-bond acceptors (Lipinski definition) is 7. The molecule has 0 bridgehead atoms. The molecule has 1 aliphatic rings. The van der Waals surface area contributed by atoms with E-state index in [9.17, 15) is 4.79 Å². The third-order valence-electron chi connectivity index (χ3n) is 6.23. The summed E-state index contributed by atoms with van der Waals surface area (Å²) in [5.74, 6) is 1.04. The quantitative estimate of drug-likeness (QED) is 0.378. The van der Waals surface area contributed by atoms with E-state index in [0.717, 1.165) is 23.3 Å². The maximum Gasteiger partial charge on any atom is 0.307 e. The van der Waals surface area contributed by atoms with Crippen molar-refractivity contribution in [1.29, 1.82) is 0 Å². The molecular formula is C23H34N2O2S3. The Balaban J connectivity index is 1.77. The molecule has 0 unspecified atom stereocenters. The van der Waals surface area contributed by atoms with Crippen molar-refractivity contribution < 1.29 is 9.53 Å². The van der Waals surface area contributed by atoms with Crippen LogP contribution in [0.5, 0.6) is 0 Å². The molecule has 0 amide bonds. The summed E-state index contributed by atoms with van der Waals surface area (Å²) in [6.45, 7) is 8.13. The van der Waals surface area contributed by atoms with E-state index in [0.29, 0.717) is 13.0 Å². The predicted molar refractivity (Wildman–Crippen MR) is 131 cm³/mol. The molecule has 1 aliphatic carbocycles. The monoisotopic (exact) mass is 466 g/mol. The van der Waals surface area contributed by atoms with Crippen LogP contribution in [0.3, 0.4) is 0 Å². The van der Waals surface area contributed by atoms with Gasteiger partial charge in [0.15, 0.2) is 5.13 Å². The van der Waals surface area contributed by atoms with Gasteiger partial charge in [-0.15, -0.1) is 22.7 Å². The summed E-state index contributed by atoms with van der Waals surface area (Å²) in [6.07, 6.45) is 6.57. The van der Waals surface area contributed by atoms with Crippen LogP contribution in [-0.4, -0.2) is 35.6 Å². The number of carbonyl (C=O) groups is 1. The van der Waals surface area contributed by atoms with Gasteiger partial charge in [0, 0.05) is 32.3 Å². The van der Waals surface area contributed by atoms with Gasteiger partial charge >= 0.3 is 5.97 Å². The first-order valence-corrected chi connectivity index (χ1v) is 13.7. The van der Waals surface area contributed by atoms with Gasteiger partial charge in [-0.25, -0.2) is 4.98 Å². The smallest absolute Gasteiger partial charge is 0.307 e. The highest BCUT2D eigenvalue weighted by atomic mass is 32.2. The number of methoxy groups -OCH3 is 1. The van der Waals surface area contributed by atoms with Gasteiger partial charge in [0.1, 0.15) is 0 Å². The van der Waals surface area contributed by atoms with E-state index >= 15 is 0 Å². The van der Waals surface area contributed by atoms with Gasteiger partial charge in [0.2, 0.25) is 0 Å². The molecule has 166 valence electrons. The van der Waals surface area contributed by atoms with Crippen molar-refractivity contribution in [3.8, 4) is 0 Å². The fourth-order valence-electron chi connectivity index (χ4n) is 4.32. The second kappa shape index (κ2) is 11.0. The normalized spacial score (nSPS) is 21.5. The van der Waals surface area contributed by atoms with Crippen LogP contribution in [-0.2, 0) is 21.5 Å². The zero-order valence-corrected chi connectivity index (χ0v) is 21.1. The number of aryl methyl sites for hydroxylation is 1. The summed E-state index contributed by atoms with van der Waals surface area (Å²) in [6, 6.07) is 4.34. The van der Waals surface area contributed by atoms with Gasteiger partial charge < -0.3 is 9.64 Å². The number of ether oxygens (including phenoxy) is 1. The minimum atomic E-state index is -0.170. The lowest BCUT2D eigenvalue weighted by Gasteiger charge is -2.38. The minimum Gasteiger partial charge on any atom is -0.469 e. The molecule has 2 aromatic heterocycles. The molecule has 1 saturated carbocycles. The maximum atomic E-state index is 11.8. The van der Waals surface area contributed by atoms with Crippen LogP contribution in [0.15, 0.2) is 17.5 Å². The lowest BCUT2D eigenvalue weighted by molar-refractivity contribution is -0.140. The van der Waals surface area contributed by atoms with E-state index < -0.39 is 0 Å². The topological polar surface area (TPSA) is 42.4 Å². The molecule has 2 aromatic rings. The Morgan fingerprint density at radius 1 is 1.33 bits per heavy atom. The Labute approximate surface area is 193 Å². The number of hydrogen-bond donors (Lipinski definition) is 0. The highest BCUT2D eigenvalue weighted by molar-refractivity contribution is 7.99. The molecule has 3 rings (SSSR count). The zero-order valence-electron chi connectivity index (χ0n) is 18.6. The van der Waals surface area contributed by atoms with Crippen LogP contribution in [0.4, 0.5) is 5.13 Å². The average Bonchev–Trinajstić information content (AvgIpc) is 3.41. The van der Waals surface area contributed by atoms with Gasteiger partial charge in [-0.1, -0.05) is 13.8 Å². The van der Waals surface area contributed by atoms with Crippen molar-refractivity contribution in [3.63, 3.8) is 0 Å². The number of aromatic nitrogens is 1. The first kappa shape index (κ1) is 23.6. The number of anilines is 1. The number of thiazole rings is 1. The molecule has 0 aromatic carbocycles. The van der Waals surface area contributed by atoms with Crippen molar-refractivity contribution >= 4 is 45.5 Å². The van der Waals surface area contributed by atoms with Gasteiger partial charge in [-0.3, -0.25) is 4.79 Å². The van der Waals surface area contributed by atoms with E-state index in [4.69, 9.17) is 9.72 Å². The molecule has 0 radical (unpaired) electrons. The van der Waals surface area contributed by atoms with E-state index in [1.165, 1.54) is 54.0 Å². The van der Waals surface area contributed by atoms with E-state index in [-0.39, 0.29) is 11.4 Å². The molecule has 4 nitrogen and oxygen atoms in total. The molecule has 7 heteroatoms. The summed E-state index contributed by atoms with van der Waals surface area (Å²) in [4.78, 5) is 21.8. The van der Waals surface area contributed by atoms with Crippen LogP contribution in [0, 0.1) is 6.92 Å². The lowest BCUT2D eigenvalue weighted by Crippen LogP contribution is -2.33. The van der Waals surface area contributed by atoms with Gasteiger partial charge in [-0.2, -0.15) is 11.8 Å². The number of nitrogens with zero attached hydrogens (tertiary/aromatic N) is 2. The van der Waals surface area contributed by atoms with Crippen molar-refractivity contribution in [1.82, 2.24) is 4.98 Å². The summed E-state index contributed by atoms with van der Waals surface area (Å²) < 4.78 is 4.87. The standard InChI is InChI=1S/C23H34N2O2S3/c1-5-23(12-9-18(10-13-23)28-6-2)20-16-29-22(24-20)25(14-11-21(26)27-4)15-19-8-7-17(3)30-19/h7-8,16,18H,5-6,9-15H2,1-4H3. The Kier molecular flexibility index (Phi) is 8.66. The predicted octanol–water partition coefficient (Wildman–Crippen LogP) is 6.43. The third kappa shape index (κ3) is 5.80. The van der Waals surface area contributed by atoms with E-state index in [1.807, 2.05) is 11.3 Å². The number of rotatable bonds is 10. The number of thioether (sulfide) groups is 1. The van der Waals surface area contributed by atoms with Crippen molar-refractivity contribution in [2.75, 3.05) is 24.3 Å². The fourth-order valence-corrected chi connectivity index (χ4v) is 7.24. The van der Waals surface area contributed by atoms with E-state index in [2.05, 4.69) is 54.9 Å². The molecule has 0 atom stereocenters. The number of thiophene rings is 1. The SMILES string of the molecule is CCSC1CCC(CC)(c2csc(N(CCC(=O)OC)Cc3ccc(C)s3)n2)CC1. The highest BCUT2D eigenvalue weighted by Gasteiger charge is 2.37. The van der Waals surface area contributed by atoms with Crippen molar-refractivity contribution in [3.05, 3.63) is 33.0 Å². The number of carbonyl (C=O) groups excluding carboxylic acids is 1. The van der Waals surface area contributed by atoms with Crippen LogP contribution >= 0.6 is 34.4 Å². The molecule has 30 heavy (non-hydrogen) atoms. The van der Waals surface area contributed by atoms with Gasteiger partial charge in [0.05, 0.1) is 25.8 Å². The number of esters is 1. The molecule has 2 heterocycles. The van der Waals surface area contributed by atoms with Crippen molar-refractivity contribution in [2.24, 2.45) is 0 Å². The van der Waals surface area contributed by atoms with Gasteiger partial charge in [0.25, 0.3) is 0 Å². The molecular weight excluding hydrogens is 432 g/mol. The van der Waals surface area contributed by atoms with Crippen LogP contribution < -0.4 is 4.90 Å². The summed E-state index contributed by atoms with van der Waals surface area (Å²) in [5, 5.41) is 4.11. The second-order valence-electron chi connectivity index (χ2n) is 8.06. The fraction of sp³-hybridized carbons (Fsp3) is 0.652. The zero-order chi connectivity index (χ0) is 21.6. The Bertz CT molecular complexity index is 809. The summed E-state index contributed by atoms with van der Waals surface area (Å²) in [5.41, 5.74) is 1.47. The maximum absolute atomic E-state index is 11.8. The Hall–Kier alpha value is -1.05. The van der Waals surface area contributed by atoms with Crippen LogP contribution in [0.25, 0.3) is 0 Å². The Morgan fingerprint density at radius 2 is 2.10 bits per heavy atom. The van der Waals surface area contributed by atoms with Crippen LogP contribution in [0.1, 0.15) is 67.8 Å². The average molecular weight is 467 g/mol. The highest BCUT2D eigenvalue weighted by Crippen LogP contribution is 2.45. The molecule has 0 N–H and O–H groups in total. The lowest BCUT2D eigenvalue weighted by atomic mass is 9.70. The van der Waals surface area contributed by atoms with Gasteiger partial charge in [-0.05, 0) is 56.9 Å². The first-order valence-electron chi connectivity index (χ1n) is 10.9. The van der Waals surface area contributed by atoms with E-state index in [1.54, 1.807) is 11.3 Å². The second-order valence-corrected chi connectivity index (χ2v) is 11.9. The van der Waals surface area contributed by atoms with Crippen molar-refractivity contribution in [2.45, 2.75) is 76.5 Å². The molecule has 0 saturated heterocycles. The summed E-state index contributed by atoms with van der Waals surface area (Å²) >= 11 is 5.65. The minimum absolute atomic E-state index is 0.170. The first-order chi connectivity index (χ1) is 14.5. The molecule has 0 spiro atoms. The molecule has 0 aliphatic heterocycles. The summed E-state index contributed by atoms with van der Waals surface area (Å²) in [7, 11) is 1.45.